The first-order chi connectivity index (χ1) is 15.6. The molecule has 2 aromatic carbocycles. The van der Waals surface area contributed by atoms with Crippen molar-refractivity contribution in [2.24, 2.45) is 5.92 Å². The van der Waals surface area contributed by atoms with E-state index in [9.17, 15) is 28.2 Å². The van der Waals surface area contributed by atoms with E-state index in [-0.39, 0.29) is 17.3 Å². The molecule has 1 atom stereocenters. The van der Waals surface area contributed by atoms with Gasteiger partial charge in [-0.2, -0.15) is 0 Å². The lowest BCUT2D eigenvalue weighted by atomic mass is 10.1. The highest BCUT2D eigenvalue weighted by Crippen LogP contribution is 2.24. The Bertz CT molecular complexity index is 1280. The summed E-state index contributed by atoms with van der Waals surface area (Å²) >= 11 is 5.89. The summed E-state index contributed by atoms with van der Waals surface area (Å²) in [5, 5.41) is 20.2. The topological polar surface area (TPSA) is 119 Å². The summed E-state index contributed by atoms with van der Waals surface area (Å²) in [6.07, 6.45) is 2.62. The molecule has 1 heterocycles. The molecule has 0 aliphatic rings. The lowest BCUT2D eigenvalue weighted by molar-refractivity contribution is -0.141. The summed E-state index contributed by atoms with van der Waals surface area (Å²) in [6, 6.07) is 13.2. The van der Waals surface area contributed by atoms with Gasteiger partial charge < -0.3 is 10.2 Å². The van der Waals surface area contributed by atoms with Crippen molar-refractivity contribution in [1.82, 2.24) is 9.13 Å². The van der Waals surface area contributed by atoms with Gasteiger partial charge in [-0.1, -0.05) is 49.2 Å². The number of rotatable bonds is 10. The molecule has 10 heteroatoms. The van der Waals surface area contributed by atoms with Crippen molar-refractivity contribution in [1.29, 1.82) is 0 Å². The number of aliphatic carboxylic acids is 1. The maximum atomic E-state index is 12.9. The highest BCUT2D eigenvalue weighted by Gasteiger charge is 2.28. The van der Waals surface area contributed by atoms with E-state index in [1.807, 2.05) is 19.1 Å². The average molecular weight is 493 g/mol. The standard InChI is InChI=1S/C23H25ClN2O6S/c1-2-3-12-26-21(27)14-25(23(26)30)13-18(22(28)29)15-33(31,32)20-10-6-17(7-11-20)16-4-8-19(24)9-5-16/h4-11,14,18,27H,2-3,12-13,15H2,1H3,(H,28,29). The maximum absolute atomic E-state index is 12.9. The fourth-order valence-electron chi connectivity index (χ4n) is 3.47. The number of imidazole rings is 1. The van der Waals surface area contributed by atoms with E-state index in [0.717, 1.165) is 32.9 Å². The summed E-state index contributed by atoms with van der Waals surface area (Å²) in [6.45, 7) is 1.86. The molecule has 2 N–H and O–H groups in total. The second kappa shape index (κ2) is 10.3. The minimum atomic E-state index is -3.95. The Morgan fingerprint density at radius 2 is 1.64 bits per heavy atom. The molecule has 3 rings (SSSR count). The van der Waals surface area contributed by atoms with Gasteiger partial charge in [-0.05, 0) is 41.8 Å². The smallest absolute Gasteiger partial charge is 0.331 e. The molecule has 0 saturated carbocycles. The van der Waals surface area contributed by atoms with E-state index in [2.05, 4.69) is 0 Å². The van der Waals surface area contributed by atoms with E-state index in [1.165, 1.54) is 12.1 Å². The number of sulfone groups is 1. The van der Waals surface area contributed by atoms with Crippen LogP contribution < -0.4 is 5.69 Å². The zero-order valence-corrected chi connectivity index (χ0v) is 19.6. The van der Waals surface area contributed by atoms with E-state index in [1.54, 1.807) is 24.3 Å². The van der Waals surface area contributed by atoms with Gasteiger partial charge in [-0.25, -0.2) is 13.2 Å². The van der Waals surface area contributed by atoms with Crippen molar-refractivity contribution >= 4 is 27.4 Å². The van der Waals surface area contributed by atoms with Crippen LogP contribution in [0.1, 0.15) is 19.8 Å². The second-order valence-corrected chi connectivity index (χ2v) is 10.2. The number of aromatic nitrogens is 2. The van der Waals surface area contributed by atoms with Gasteiger partial charge in [-0.3, -0.25) is 13.9 Å². The number of carbonyl (C=O) groups is 1. The highest BCUT2D eigenvalue weighted by atomic mass is 35.5. The van der Waals surface area contributed by atoms with Gasteiger partial charge in [0.05, 0.1) is 22.8 Å². The molecule has 0 fully saturated rings. The fraction of sp³-hybridized carbons (Fsp3) is 0.304. The number of hydrogen-bond acceptors (Lipinski definition) is 5. The largest absolute Gasteiger partial charge is 0.493 e. The van der Waals surface area contributed by atoms with E-state index >= 15 is 0 Å². The SMILES string of the molecule is CCCCn1c(O)cn(CC(CS(=O)(=O)c2ccc(-c3ccc(Cl)cc3)cc2)C(=O)O)c1=O. The Morgan fingerprint density at radius 1 is 1.06 bits per heavy atom. The number of aromatic hydroxyl groups is 1. The number of halogens is 1. The number of carboxylic acids is 1. The van der Waals surface area contributed by atoms with Crippen LogP contribution in [-0.2, 0) is 27.7 Å². The molecular formula is C23H25ClN2O6S. The van der Waals surface area contributed by atoms with Crippen molar-refractivity contribution in [3.63, 3.8) is 0 Å². The van der Waals surface area contributed by atoms with E-state index < -0.39 is 33.2 Å². The molecule has 0 radical (unpaired) electrons. The molecule has 1 unspecified atom stereocenters. The fourth-order valence-corrected chi connectivity index (χ4v) is 5.12. The predicted molar refractivity (Wildman–Crippen MR) is 125 cm³/mol. The molecule has 0 aliphatic heterocycles. The zero-order valence-electron chi connectivity index (χ0n) is 18.0. The van der Waals surface area contributed by atoms with Crippen molar-refractivity contribution in [3.05, 3.63) is 70.2 Å². The van der Waals surface area contributed by atoms with E-state index in [4.69, 9.17) is 11.6 Å². The Labute approximate surface area is 196 Å². The molecular weight excluding hydrogens is 468 g/mol. The first-order valence-corrected chi connectivity index (χ1v) is 12.5. The van der Waals surface area contributed by atoms with Crippen molar-refractivity contribution in [2.45, 2.75) is 37.8 Å². The Balaban J connectivity index is 1.80. The number of carboxylic acid groups (broad SMARTS) is 1. The molecule has 0 bridgehead atoms. The summed E-state index contributed by atoms with van der Waals surface area (Å²) in [5.74, 6) is -3.68. The second-order valence-electron chi connectivity index (χ2n) is 7.78. The van der Waals surface area contributed by atoms with Crippen molar-refractivity contribution < 1.29 is 23.4 Å². The monoisotopic (exact) mass is 492 g/mol. The minimum absolute atomic E-state index is 0.0119. The Kier molecular flexibility index (Phi) is 7.65. The Hall–Kier alpha value is -3.04. The predicted octanol–water partition coefficient (Wildman–Crippen LogP) is 3.65. The third-order valence-electron chi connectivity index (χ3n) is 5.34. The van der Waals surface area contributed by atoms with Crippen LogP contribution in [-0.4, -0.2) is 39.5 Å². The molecule has 176 valence electrons. The van der Waals surface area contributed by atoms with E-state index in [0.29, 0.717) is 18.0 Å². The summed E-state index contributed by atoms with van der Waals surface area (Å²) in [4.78, 5) is 24.3. The number of hydrogen-bond donors (Lipinski definition) is 2. The van der Waals surface area contributed by atoms with Crippen molar-refractivity contribution in [3.8, 4) is 17.0 Å². The quantitative estimate of drug-likeness (QED) is 0.446. The molecule has 33 heavy (non-hydrogen) atoms. The third kappa shape index (κ3) is 5.85. The molecule has 0 saturated heterocycles. The minimum Gasteiger partial charge on any atom is -0.493 e. The first kappa shape index (κ1) is 24.6. The van der Waals surface area contributed by atoms with Gasteiger partial charge >= 0.3 is 11.7 Å². The molecule has 1 aromatic heterocycles. The maximum Gasteiger partial charge on any atom is 0.331 e. The van der Waals surface area contributed by atoms with Crippen LogP contribution in [0.4, 0.5) is 0 Å². The van der Waals surface area contributed by atoms with Crippen LogP contribution in [0.25, 0.3) is 11.1 Å². The highest BCUT2D eigenvalue weighted by molar-refractivity contribution is 7.91. The summed E-state index contributed by atoms with van der Waals surface area (Å²) in [7, 11) is -3.95. The normalized spacial score (nSPS) is 12.5. The number of benzene rings is 2. The number of unbranched alkanes of at least 4 members (excludes halogenated alkanes) is 1. The van der Waals surface area contributed by atoms with Gasteiger partial charge in [0.15, 0.2) is 9.84 Å². The number of nitrogens with zero attached hydrogens (tertiary/aromatic N) is 2. The molecule has 3 aromatic rings. The van der Waals surface area contributed by atoms with Gasteiger partial charge in [0.2, 0.25) is 5.88 Å². The molecule has 0 amide bonds. The van der Waals surface area contributed by atoms with Crippen molar-refractivity contribution in [2.75, 3.05) is 5.75 Å². The van der Waals surface area contributed by atoms with Crippen LogP contribution >= 0.6 is 11.6 Å². The lowest BCUT2D eigenvalue weighted by Gasteiger charge is -2.13. The summed E-state index contributed by atoms with van der Waals surface area (Å²) in [5.41, 5.74) is 1.08. The van der Waals surface area contributed by atoms with Crippen LogP contribution in [0.5, 0.6) is 5.88 Å². The molecule has 8 nitrogen and oxygen atoms in total. The van der Waals surface area contributed by atoms with Crippen LogP contribution in [0, 0.1) is 5.92 Å². The summed E-state index contributed by atoms with van der Waals surface area (Å²) < 4.78 is 28.0. The lowest BCUT2D eigenvalue weighted by Crippen LogP contribution is -2.33. The van der Waals surface area contributed by atoms with Gasteiger partial charge in [0.1, 0.15) is 0 Å². The third-order valence-corrected chi connectivity index (χ3v) is 7.42. The van der Waals surface area contributed by atoms with Crippen LogP contribution in [0.3, 0.4) is 0 Å². The van der Waals surface area contributed by atoms with Gasteiger partial charge in [-0.15, -0.1) is 0 Å². The van der Waals surface area contributed by atoms with Crippen LogP contribution in [0.2, 0.25) is 5.02 Å². The first-order valence-electron chi connectivity index (χ1n) is 10.4. The molecule has 0 spiro atoms. The Morgan fingerprint density at radius 3 is 2.18 bits per heavy atom. The van der Waals surface area contributed by atoms with Gasteiger partial charge in [0.25, 0.3) is 0 Å². The van der Waals surface area contributed by atoms with Crippen LogP contribution in [0.15, 0.2) is 64.4 Å². The average Bonchev–Trinajstić information content (AvgIpc) is 3.04. The molecule has 0 aliphatic carbocycles. The zero-order chi connectivity index (χ0) is 24.2. The van der Waals surface area contributed by atoms with Gasteiger partial charge in [0, 0.05) is 18.1 Å².